The predicted molar refractivity (Wildman–Crippen MR) is 111 cm³/mol. The Morgan fingerprint density at radius 3 is 2.79 bits per heavy atom. The molecule has 0 radical (unpaired) electrons. The van der Waals surface area contributed by atoms with Crippen molar-refractivity contribution < 1.29 is 4.79 Å². The lowest BCUT2D eigenvalue weighted by Gasteiger charge is -2.41. The average molecular weight is 379 g/mol. The zero-order valence-corrected chi connectivity index (χ0v) is 16.8. The molecule has 28 heavy (non-hydrogen) atoms. The van der Waals surface area contributed by atoms with Gasteiger partial charge in [-0.1, -0.05) is 29.8 Å². The molecule has 0 saturated carbocycles. The van der Waals surface area contributed by atoms with E-state index in [0.717, 1.165) is 31.5 Å². The van der Waals surface area contributed by atoms with Crippen LogP contribution in [-0.2, 0) is 11.2 Å². The summed E-state index contributed by atoms with van der Waals surface area (Å²) < 4.78 is 0. The van der Waals surface area contributed by atoms with E-state index >= 15 is 0 Å². The number of carbonyl (C=O) groups is 1. The minimum atomic E-state index is 0.222. The van der Waals surface area contributed by atoms with E-state index in [-0.39, 0.29) is 18.0 Å². The number of rotatable bonds is 4. The summed E-state index contributed by atoms with van der Waals surface area (Å²) in [6.07, 6.45) is 7.62. The molecule has 2 fully saturated rings. The molecule has 3 heterocycles. The summed E-state index contributed by atoms with van der Waals surface area (Å²) in [5.74, 6) is 0.591. The highest BCUT2D eigenvalue weighted by atomic mass is 16.2. The number of amides is 1. The first-order valence-electron chi connectivity index (χ1n) is 10.4. The third-order valence-corrected chi connectivity index (χ3v) is 6.25. The van der Waals surface area contributed by atoms with Crippen molar-refractivity contribution in [2.45, 2.75) is 57.5 Å². The van der Waals surface area contributed by atoms with Gasteiger partial charge < -0.3 is 4.90 Å². The van der Waals surface area contributed by atoms with Crippen LogP contribution in [0.15, 0.2) is 42.7 Å². The highest BCUT2D eigenvalue weighted by molar-refractivity contribution is 5.79. The smallest absolute Gasteiger partial charge is 0.227 e. The average Bonchev–Trinajstić information content (AvgIpc) is 3.19. The number of piperidine rings is 1. The second-order valence-corrected chi connectivity index (χ2v) is 8.20. The summed E-state index contributed by atoms with van der Waals surface area (Å²) in [6, 6.07) is 10.9. The minimum absolute atomic E-state index is 0.222. The van der Waals surface area contributed by atoms with Crippen LogP contribution in [0.5, 0.6) is 0 Å². The van der Waals surface area contributed by atoms with Crippen LogP contribution in [0, 0.1) is 13.8 Å². The number of hydrogen-bond acceptors (Lipinski definition) is 4. The normalized spacial score (nSPS) is 25.1. The third kappa shape index (κ3) is 3.96. The number of hydrogen-bond donors (Lipinski definition) is 2. The molecular formula is C23H30N4O. The zero-order valence-electron chi connectivity index (χ0n) is 16.8. The van der Waals surface area contributed by atoms with Gasteiger partial charge in [-0.25, -0.2) is 0 Å². The van der Waals surface area contributed by atoms with Crippen molar-refractivity contribution in [3.8, 4) is 0 Å². The van der Waals surface area contributed by atoms with Gasteiger partial charge in [0, 0.05) is 43.5 Å². The topological polar surface area (TPSA) is 57.3 Å². The zero-order chi connectivity index (χ0) is 19.5. The van der Waals surface area contributed by atoms with E-state index in [1.807, 2.05) is 12.4 Å². The van der Waals surface area contributed by atoms with E-state index in [1.165, 1.54) is 23.1 Å². The molecule has 2 aromatic rings. The molecule has 2 aliphatic rings. The standard InChI is InChI=1S/C23H30N4O/c1-16-6-8-18(9-7-16)13-22(28)27-12-4-3-5-21(27)23-20(15-25-26-23)19-10-11-24-14-17(19)2/h6-11,14,20-21,23,25-26H,3-5,12-13,15H2,1-2H3. The molecule has 0 bridgehead atoms. The lowest BCUT2D eigenvalue weighted by Crippen LogP contribution is -2.55. The molecule has 1 amide bonds. The number of aromatic nitrogens is 1. The SMILES string of the molecule is Cc1ccc(CC(=O)N2CCCCC2C2NNCC2c2ccncc2C)cc1. The maximum Gasteiger partial charge on any atom is 0.227 e. The second kappa shape index (κ2) is 8.41. The molecule has 2 saturated heterocycles. The van der Waals surface area contributed by atoms with Crippen LogP contribution >= 0.6 is 0 Å². The fraction of sp³-hybridized carbons (Fsp3) is 0.478. The molecule has 0 aliphatic carbocycles. The highest BCUT2D eigenvalue weighted by Gasteiger charge is 2.40. The molecule has 148 valence electrons. The first-order valence-corrected chi connectivity index (χ1v) is 10.4. The number of carbonyl (C=O) groups excluding carboxylic acids is 1. The van der Waals surface area contributed by atoms with Crippen molar-refractivity contribution in [1.82, 2.24) is 20.7 Å². The Hall–Kier alpha value is -2.24. The van der Waals surface area contributed by atoms with Crippen LogP contribution < -0.4 is 10.9 Å². The Bertz CT molecular complexity index is 820. The maximum atomic E-state index is 13.2. The van der Waals surface area contributed by atoms with Gasteiger partial charge in [0.25, 0.3) is 0 Å². The first kappa shape index (κ1) is 19.1. The van der Waals surface area contributed by atoms with Gasteiger partial charge in [-0.15, -0.1) is 0 Å². The molecule has 4 rings (SSSR count). The number of benzene rings is 1. The van der Waals surface area contributed by atoms with Gasteiger partial charge in [0.15, 0.2) is 0 Å². The monoisotopic (exact) mass is 378 g/mol. The van der Waals surface area contributed by atoms with E-state index in [1.54, 1.807) is 0 Å². The Morgan fingerprint density at radius 1 is 1.18 bits per heavy atom. The Labute approximate surface area is 167 Å². The maximum absolute atomic E-state index is 13.2. The molecule has 0 spiro atoms. The third-order valence-electron chi connectivity index (χ3n) is 6.25. The van der Waals surface area contributed by atoms with Crippen molar-refractivity contribution in [2.75, 3.05) is 13.1 Å². The summed E-state index contributed by atoms with van der Waals surface area (Å²) in [6.45, 7) is 5.94. The Morgan fingerprint density at radius 2 is 2.00 bits per heavy atom. The fourth-order valence-corrected chi connectivity index (χ4v) is 4.70. The number of nitrogens with zero attached hydrogens (tertiary/aromatic N) is 2. The Kier molecular flexibility index (Phi) is 5.74. The van der Waals surface area contributed by atoms with Gasteiger partial charge in [-0.05, 0) is 55.9 Å². The van der Waals surface area contributed by atoms with E-state index in [0.29, 0.717) is 12.3 Å². The molecule has 2 aliphatic heterocycles. The largest absolute Gasteiger partial charge is 0.338 e. The number of aryl methyl sites for hydroxylation is 2. The number of nitrogens with one attached hydrogen (secondary N) is 2. The van der Waals surface area contributed by atoms with E-state index in [4.69, 9.17) is 0 Å². The summed E-state index contributed by atoms with van der Waals surface area (Å²) in [5.41, 5.74) is 11.7. The van der Waals surface area contributed by atoms with Gasteiger partial charge >= 0.3 is 0 Å². The number of likely N-dealkylation sites (tertiary alicyclic amines) is 1. The van der Waals surface area contributed by atoms with E-state index < -0.39 is 0 Å². The second-order valence-electron chi connectivity index (χ2n) is 8.20. The van der Waals surface area contributed by atoms with Crippen molar-refractivity contribution >= 4 is 5.91 Å². The first-order chi connectivity index (χ1) is 13.6. The van der Waals surface area contributed by atoms with Gasteiger partial charge in [0.05, 0.1) is 6.42 Å². The van der Waals surface area contributed by atoms with Crippen LogP contribution in [-0.4, -0.2) is 41.0 Å². The van der Waals surface area contributed by atoms with Gasteiger partial charge in [-0.2, -0.15) is 0 Å². The number of pyridine rings is 1. The lowest BCUT2D eigenvalue weighted by atomic mass is 9.83. The number of hydrazine groups is 1. The molecule has 3 atom stereocenters. The molecule has 1 aromatic heterocycles. The van der Waals surface area contributed by atoms with E-state index in [2.05, 4.69) is 64.9 Å². The molecule has 3 unspecified atom stereocenters. The molecule has 5 heteroatoms. The predicted octanol–water partition coefficient (Wildman–Crippen LogP) is 2.88. The van der Waals surface area contributed by atoms with Crippen molar-refractivity contribution in [1.29, 1.82) is 0 Å². The van der Waals surface area contributed by atoms with Crippen molar-refractivity contribution in [3.05, 3.63) is 65.0 Å². The van der Waals surface area contributed by atoms with Gasteiger partial charge in [0.1, 0.15) is 0 Å². The van der Waals surface area contributed by atoms with Crippen molar-refractivity contribution in [3.63, 3.8) is 0 Å². The lowest BCUT2D eigenvalue weighted by molar-refractivity contribution is -0.134. The van der Waals surface area contributed by atoms with Crippen LogP contribution in [0.4, 0.5) is 0 Å². The molecule has 2 N–H and O–H groups in total. The molecular weight excluding hydrogens is 348 g/mol. The van der Waals surface area contributed by atoms with Crippen molar-refractivity contribution in [2.24, 2.45) is 0 Å². The summed E-state index contributed by atoms with van der Waals surface area (Å²) in [5, 5.41) is 0. The Balaban J connectivity index is 1.53. The van der Waals surface area contributed by atoms with Gasteiger partial charge in [-0.3, -0.25) is 20.6 Å². The highest BCUT2D eigenvalue weighted by Crippen LogP contribution is 2.32. The van der Waals surface area contributed by atoms with Crippen LogP contribution in [0.1, 0.15) is 47.4 Å². The summed E-state index contributed by atoms with van der Waals surface area (Å²) in [7, 11) is 0. The van der Waals surface area contributed by atoms with Crippen LogP contribution in [0.25, 0.3) is 0 Å². The quantitative estimate of drug-likeness (QED) is 0.859. The minimum Gasteiger partial charge on any atom is -0.338 e. The fourth-order valence-electron chi connectivity index (χ4n) is 4.70. The summed E-state index contributed by atoms with van der Waals surface area (Å²) in [4.78, 5) is 19.6. The van der Waals surface area contributed by atoms with Crippen LogP contribution in [0.3, 0.4) is 0 Å². The summed E-state index contributed by atoms with van der Waals surface area (Å²) >= 11 is 0. The molecule has 1 aromatic carbocycles. The van der Waals surface area contributed by atoms with Gasteiger partial charge in [0.2, 0.25) is 5.91 Å². The van der Waals surface area contributed by atoms with Crippen LogP contribution in [0.2, 0.25) is 0 Å². The molecule has 5 nitrogen and oxygen atoms in total. The van der Waals surface area contributed by atoms with E-state index in [9.17, 15) is 4.79 Å².